The average molecular weight is 356 g/mol. The van der Waals surface area contributed by atoms with Gasteiger partial charge >= 0.3 is 5.97 Å². The summed E-state index contributed by atoms with van der Waals surface area (Å²) in [7, 11) is 1.62. The molecule has 4 nitrogen and oxygen atoms in total. The highest BCUT2D eigenvalue weighted by Gasteiger charge is 2.40. The van der Waals surface area contributed by atoms with E-state index in [1.54, 1.807) is 31.4 Å². The van der Waals surface area contributed by atoms with Crippen molar-refractivity contribution in [2.75, 3.05) is 13.7 Å². The molecule has 0 spiro atoms. The summed E-state index contributed by atoms with van der Waals surface area (Å²) in [6.45, 7) is 2.02. The van der Waals surface area contributed by atoms with Crippen LogP contribution in [0, 0.1) is 5.92 Å². The van der Waals surface area contributed by atoms with Gasteiger partial charge in [-0.3, -0.25) is 9.59 Å². The third kappa shape index (κ3) is 3.66. The molecule has 5 heteroatoms. The Morgan fingerprint density at radius 3 is 2.80 bits per heavy atom. The Kier molecular flexibility index (Phi) is 5.34. The van der Waals surface area contributed by atoms with E-state index in [0.717, 1.165) is 21.8 Å². The number of allylic oxidation sites excluding steroid dienone is 2. The Bertz CT molecular complexity index is 792. The lowest BCUT2D eigenvalue weighted by molar-refractivity contribution is -0.151. The Hall–Kier alpha value is -2.40. The van der Waals surface area contributed by atoms with Crippen LogP contribution >= 0.6 is 11.3 Å². The normalized spacial score (nSPS) is 20.1. The number of methoxy groups -OCH3 is 1. The Morgan fingerprint density at radius 1 is 1.28 bits per heavy atom. The Morgan fingerprint density at radius 2 is 2.12 bits per heavy atom. The van der Waals surface area contributed by atoms with Crippen molar-refractivity contribution in [3.8, 4) is 5.75 Å². The summed E-state index contributed by atoms with van der Waals surface area (Å²) in [6, 6.07) is 11.6. The molecule has 0 saturated carbocycles. The molecule has 1 aliphatic rings. The lowest BCUT2D eigenvalue weighted by atomic mass is 9.76. The van der Waals surface area contributed by atoms with Crippen molar-refractivity contribution in [1.29, 1.82) is 0 Å². The maximum absolute atomic E-state index is 12.8. The van der Waals surface area contributed by atoms with Crippen LogP contribution in [-0.4, -0.2) is 25.5 Å². The fourth-order valence-corrected chi connectivity index (χ4v) is 4.04. The lowest BCUT2D eigenvalue weighted by Crippen LogP contribution is -2.33. The molecule has 2 atom stereocenters. The first-order chi connectivity index (χ1) is 12.1. The first-order valence-corrected chi connectivity index (χ1v) is 9.11. The molecule has 0 unspecified atom stereocenters. The first-order valence-electron chi connectivity index (χ1n) is 8.23. The van der Waals surface area contributed by atoms with Crippen LogP contribution in [0.25, 0.3) is 5.57 Å². The van der Waals surface area contributed by atoms with Crippen molar-refractivity contribution in [2.24, 2.45) is 5.92 Å². The third-order valence-corrected chi connectivity index (χ3v) is 5.36. The zero-order valence-electron chi connectivity index (χ0n) is 14.2. The number of thiophene rings is 1. The van der Waals surface area contributed by atoms with Crippen molar-refractivity contribution in [3.63, 3.8) is 0 Å². The molecule has 2 aromatic rings. The summed E-state index contributed by atoms with van der Waals surface area (Å²) in [5, 5.41) is 1.96. The number of hydrogen-bond acceptors (Lipinski definition) is 5. The molecule has 1 aromatic heterocycles. The molecule has 0 saturated heterocycles. The maximum atomic E-state index is 12.8. The van der Waals surface area contributed by atoms with Crippen LogP contribution in [0.3, 0.4) is 0 Å². The van der Waals surface area contributed by atoms with Gasteiger partial charge in [-0.15, -0.1) is 11.3 Å². The molecule has 1 aliphatic carbocycles. The summed E-state index contributed by atoms with van der Waals surface area (Å²) < 4.78 is 10.4. The highest BCUT2D eigenvalue weighted by Crippen LogP contribution is 2.42. The van der Waals surface area contributed by atoms with Gasteiger partial charge in [-0.1, -0.05) is 18.2 Å². The van der Waals surface area contributed by atoms with Crippen molar-refractivity contribution in [3.05, 3.63) is 58.3 Å². The third-order valence-electron chi connectivity index (χ3n) is 4.35. The van der Waals surface area contributed by atoms with Crippen LogP contribution < -0.4 is 4.74 Å². The summed E-state index contributed by atoms with van der Waals surface area (Å²) in [5.74, 6) is -0.857. The van der Waals surface area contributed by atoms with Crippen molar-refractivity contribution in [1.82, 2.24) is 0 Å². The Balaban J connectivity index is 1.99. The van der Waals surface area contributed by atoms with Gasteiger partial charge in [0, 0.05) is 10.8 Å². The standard InChI is InChI=1S/C20H20O4S/c1-3-24-20(22)19-16(18-8-5-9-25-18)11-14(12-17(19)21)13-6-4-7-15(10-13)23-2/h4-10,12,16,19H,3,11H2,1-2H3/t16-,19-/m0/s1. The molecule has 0 aliphatic heterocycles. The second kappa shape index (κ2) is 7.66. The molecule has 0 radical (unpaired) electrons. The first kappa shape index (κ1) is 17.4. The van der Waals surface area contributed by atoms with E-state index in [1.807, 2.05) is 41.8 Å². The molecule has 0 N–H and O–H groups in total. The fraction of sp³-hybridized carbons (Fsp3) is 0.300. The van der Waals surface area contributed by atoms with Gasteiger partial charge in [-0.2, -0.15) is 0 Å². The van der Waals surface area contributed by atoms with E-state index in [0.29, 0.717) is 6.42 Å². The van der Waals surface area contributed by atoms with E-state index in [-0.39, 0.29) is 18.3 Å². The van der Waals surface area contributed by atoms with Crippen LogP contribution in [0.4, 0.5) is 0 Å². The second-order valence-electron chi connectivity index (χ2n) is 5.86. The summed E-state index contributed by atoms with van der Waals surface area (Å²) in [4.78, 5) is 26.1. The second-order valence-corrected chi connectivity index (χ2v) is 6.84. The lowest BCUT2D eigenvalue weighted by Gasteiger charge is -2.28. The molecule has 1 heterocycles. The van der Waals surface area contributed by atoms with Crippen molar-refractivity contribution < 1.29 is 19.1 Å². The average Bonchev–Trinajstić information content (AvgIpc) is 3.15. The van der Waals surface area contributed by atoms with Gasteiger partial charge in [0.05, 0.1) is 13.7 Å². The van der Waals surface area contributed by atoms with E-state index >= 15 is 0 Å². The van der Waals surface area contributed by atoms with Crippen molar-refractivity contribution in [2.45, 2.75) is 19.3 Å². The molecule has 0 fully saturated rings. The van der Waals surface area contributed by atoms with E-state index in [9.17, 15) is 9.59 Å². The van der Waals surface area contributed by atoms with E-state index in [4.69, 9.17) is 9.47 Å². The molecule has 0 amide bonds. The van der Waals surface area contributed by atoms with Gasteiger partial charge in [0.25, 0.3) is 0 Å². The van der Waals surface area contributed by atoms with Gasteiger partial charge in [0.2, 0.25) is 0 Å². The van der Waals surface area contributed by atoms with Crippen molar-refractivity contribution >= 4 is 28.7 Å². The summed E-state index contributed by atoms with van der Waals surface area (Å²) in [5.41, 5.74) is 1.86. The van der Waals surface area contributed by atoms with Gasteiger partial charge in [-0.25, -0.2) is 0 Å². The summed E-state index contributed by atoms with van der Waals surface area (Å²) >= 11 is 1.56. The van der Waals surface area contributed by atoms with Crippen LogP contribution in [0.1, 0.15) is 29.7 Å². The molecule has 1 aromatic carbocycles. The molecule has 0 bridgehead atoms. The minimum Gasteiger partial charge on any atom is -0.497 e. The van der Waals surface area contributed by atoms with E-state index < -0.39 is 11.9 Å². The fourth-order valence-electron chi connectivity index (χ4n) is 3.18. The molecular formula is C20H20O4S. The molecule has 3 rings (SSSR count). The van der Waals surface area contributed by atoms with E-state index in [2.05, 4.69) is 0 Å². The number of ether oxygens (including phenoxy) is 2. The number of carbonyl (C=O) groups excluding carboxylic acids is 2. The molecular weight excluding hydrogens is 336 g/mol. The highest BCUT2D eigenvalue weighted by atomic mass is 32.1. The number of rotatable bonds is 5. The van der Waals surface area contributed by atoms with Crippen LogP contribution in [0.15, 0.2) is 47.9 Å². The number of hydrogen-bond donors (Lipinski definition) is 0. The number of ketones is 1. The van der Waals surface area contributed by atoms with Crippen LogP contribution in [0.2, 0.25) is 0 Å². The molecule has 25 heavy (non-hydrogen) atoms. The topological polar surface area (TPSA) is 52.6 Å². The van der Waals surface area contributed by atoms with Crippen LogP contribution in [-0.2, 0) is 14.3 Å². The van der Waals surface area contributed by atoms with Crippen LogP contribution in [0.5, 0.6) is 5.75 Å². The minimum atomic E-state index is -0.770. The van der Waals surface area contributed by atoms with Gasteiger partial charge in [0.15, 0.2) is 5.78 Å². The number of esters is 1. The largest absolute Gasteiger partial charge is 0.497 e. The zero-order valence-corrected chi connectivity index (χ0v) is 15.0. The number of benzene rings is 1. The minimum absolute atomic E-state index is 0.194. The van der Waals surface area contributed by atoms with Gasteiger partial charge in [-0.05, 0) is 54.1 Å². The predicted molar refractivity (Wildman–Crippen MR) is 97.8 cm³/mol. The highest BCUT2D eigenvalue weighted by molar-refractivity contribution is 7.10. The van der Waals surface area contributed by atoms with Gasteiger partial charge in [0.1, 0.15) is 11.7 Å². The smallest absolute Gasteiger partial charge is 0.317 e. The zero-order chi connectivity index (χ0) is 17.8. The predicted octanol–water partition coefficient (Wildman–Crippen LogP) is 4.08. The maximum Gasteiger partial charge on any atom is 0.317 e. The monoisotopic (exact) mass is 356 g/mol. The number of carbonyl (C=O) groups is 2. The molecule has 130 valence electrons. The quantitative estimate of drug-likeness (QED) is 0.598. The summed E-state index contributed by atoms with van der Waals surface area (Å²) in [6.07, 6.45) is 2.20. The SMILES string of the molecule is CCOC(=O)[C@@H]1C(=O)C=C(c2cccc(OC)c2)C[C@H]1c1cccs1. The Labute approximate surface area is 151 Å². The van der Waals surface area contributed by atoms with Gasteiger partial charge < -0.3 is 9.47 Å². The van der Waals surface area contributed by atoms with E-state index in [1.165, 1.54) is 0 Å².